The predicted octanol–water partition coefficient (Wildman–Crippen LogP) is 6.42. The molecule has 6 rings (SSSR count). The monoisotopic (exact) mass is 511 g/mol. The van der Waals surface area contributed by atoms with E-state index in [0.29, 0.717) is 51.2 Å². The molecule has 5 aromatic heterocycles. The van der Waals surface area contributed by atoms with Gasteiger partial charge in [0.1, 0.15) is 17.0 Å². The molecule has 1 aromatic carbocycles. The molecule has 10 heteroatoms. The Bertz CT molecular complexity index is 1750. The van der Waals surface area contributed by atoms with Crippen molar-refractivity contribution in [2.75, 3.05) is 5.32 Å². The number of anilines is 1. The summed E-state index contributed by atoms with van der Waals surface area (Å²) in [6.45, 7) is 3.95. The first-order valence-electron chi connectivity index (χ1n) is 11.8. The predicted molar refractivity (Wildman–Crippen MR) is 144 cm³/mol. The number of carbonyl (C=O) groups is 1. The molecular weight excluding hydrogens is 489 g/mol. The molecule has 0 aliphatic rings. The molecule has 37 heavy (non-hydrogen) atoms. The van der Waals surface area contributed by atoms with Crippen LogP contribution in [0.4, 0.5) is 10.1 Å². The van der Waals surface area contributed by atoms with Crippen LogP contribution in [-0.4, -0.2) is 36.0 Å². The molecule has 5 heterocycles. The van der Waals surface area contributed by atoms with Crippen LogP contribution in [0.25, 0.3) is 55.8 Å². The zero-order valence-electron chi connectivity index (χ0n) is 20.0. The first-order chi connectivity index (χ1) is 18.0. The number of aromatic amines is 2. The Balaban J connectivity index is 1.42. The molecular formula is C27H22FN7OS. The lowest BCUT2D eigenvalue weighted by Gasteiger charge is -2.09. The van der Waals surface area contributed by atoms with E-state index < -0.39 is 5.82 Å². The van der Waals surface area contributed by atoms with Crippen molar-refractivity contribution < 1.29 is 9.18 Å². The first-order valence-corrected chi connectivity index (χ1v) is 12.7. The van der Waals surface area contributed by atoms with Crippen molar-refractivity contribution >= 4 is 44.9 Å². The number of thiophene rings is 1. The molecule has 3 N–H and O–H groups in total. The van der Waals surface area contributed by atoms with Crippen LogP contribution in [0.5, 0.6) is 0 Å². The molecule has 184 valence electrons. The number of hydrogen-bond acceptors (Lipinski definition) is 6. The highest BCUT2D eigenvalue weighted by Crippen LogP contribution is 2.35. The summed E-state index contributed by atoms with van der Waals surface area (Å²) in [5.74, 6) is 0.106. The summed E-state index contributed by atoms with van der Waals surface area (Å²) in [6.07, 6.45) is 5.24. The number of pyridine rings is 2. The third-order valence-corrected chi connectivity index (χ3v) is 6.70. The fourth-order valence-corrected chi connectivity index (χ4v) is 5.00. The first kappa shape index (κ1) is 23.0. The minimum Gasteiger partial charge on any atom is -0.336 e. The lowest BCUT2D eigenvalue weighted by molar-refractivity contribution is -0.116. The minimum atomic E-state index is -0.453. The van der Waals surface area contributed by atoms with Crippen molar-refractivity contribution in [2.45, 2.75) is 20.3 Å². The standard InChI is InChI=1S/C27H22FN7OS/c1-14(2)9-21(36)31-17-10-16(11-29-12-17)18-3-4-19-22(23(18)28)26(35-34-19)27-32-20-5-7-30-24(25(20)33-27)15-6-8-37-13-15/h3-8,10-14H,9H2,1-2H3,(H,31,36)(H,32,33)(H,34,35). The summed E-state index contributed by atoms with van der Waals surface area (Å²) in [5.41, 5.74) is 5.53. The van der Waals surface area contributed by atoms with Gasteiger partial charge in [-0.15, -0.1) is 0 Å². The molecule has 0 aliphatic heterocycles. The summed E-state index contributed by atoms with van der Waals surface area (Å²) in [4.78, 5) is 29.0. The number of benzene rings is 1. The molecule has 1 amide bonds. The number of amides is 1. The number of rotatable bonds is 6. The highest BCUT2D eigenvalue weighted by molar-refractivity contribution is 7.08. The normalized spacial score (nSPS) is 11.6. The summed E-state index contributed by atoms with van der Waals surface area (Å²) in [7, 11) is 0. The van der Waals surface area contributed by atoms with Crippen molar-refractivity contribution in [3.05, 3.63) is 65.5 Å². The molecule has 0 saturated carbocycles. The van der Waals surface area contributed by atoms with Gasteiger partial charge in [0.2, 0.25) is 5.91 Å². The van der Waals surface area contributed by atoms with E-state index in [9.17, 15) is 4.79 Å². The van der Waals surface area contributed by atoms with Crippen LogP contribution in [0.1, 0.15) is 20.3 Å². The van der Waals surface area contributed by atoms with Gasteiger partial charge >= 0.3 is 0 Å². The molecule has 0 aliphatic carbocycles. The summed E-state index contributed by atoms with van der Waals surface area (Å²) >= 11 is 1.58. The quantitative estimate of drug-likeness (QED) is 0.239. The fourth-order valence-electron chi connectivity index (χ4n) is 4.36. The van der Waals surface area contributed by atoms with E-state index in [1.807, 2.05) is 36.7 Å². The van der Waals surface area contributed by atoms with Crippen molar-refractivity contribution in [1.82, 2.24) is 30.1 Å². The number of halogens is 1. The third-order valence-electron chi connectivity index (χ3n) is 6.01. The maximum atomic E-state index is 16.0. The van der Waals surface area contributed by atoms with E-state index in [0.717, 1.165) is 16.8 Å². The molecule has 0 atom stereocenters. The third kappa shape index (κ3) is 4.25. The molecule has 0 radical (unpaired) electrons. The van der Waals surface area contributed by atoms with E-state index in [-0.39, 0.29) is 11.8 Å². The Morgan fingerprint density at radius 1 is 1.11 bits per heavy atom. The maximum Gasteiger partial charge on any atom is 0.224 e. The van der Waals surface area contributed by atoms with Crippen LogP contribution in [0.15, 0.2) is 59.7 Å². The second-order valence-corrected chi connectivity index (χ2v) is 9.96. The van der Waals surface area contributed by atoms with Crippen molar-refractivity contribution in [3.63, 3.8) is 0 Å². The van der Waals surface area contributed by atoms with Crippen molar-refractivity contribution in [3.8, 4) is 33.9 Å². The number of hydrogen-bond donors (Lipinski definition) is 3. The van der Waals surface area contributed by atoms with Gasteiger partial charge in [-0.2, -0.15) is 16.4 Å². The summed E-state index contributed by atoms with van der Waals surface area (Å²) < 4.78 is 16.0. The van der Waals surface area contributed by atoms with Crippen LogP contribution < -0.4 is 5.32 Å². The smallest absolute Gasteiger partial charge is 0.224 e. The van der Waals surface area contributed by atoms with Crippen LogP contribution in [-0.2, 0) is 4.79 Å². The van der Waals surface area contributed by atoms with Crippen LogP contribution in [0.2, 0.25) is 0 Å². The summed E-state index contributed by atoms with van der Waals surface area (Å²) in [6, 6.07) is 8.99. The molecule has 0 unspecified atom stereocenters. The lowest BCUT2D eigenvalue weighted by atomic mass is 10.0. The highest BCUT2D eigenvalue weighted by atomic mass is 32.1. The topological polar surface area (TPSA) is 112 Å². The van der Waals surface area contributed by atoms with E-state index >= 15 is 4.39 Å². The number of carbonyl (C=O) groups excluding carboxylic acids is 1. The van der Waals surface area contributed by atoms with Crippen molar-refractivity contribution in [1.29, 1.82) is 0 Å². The maximum absolute atomic E-state index is 16.0. The number of imidazole rings is 1. The lowest BCUT2D eigenvalue weighted by Crippen LogP contribution is -2.14. The van der Waals surface area contributed by atoms with Gasteiger partial charge in [-0.1, -0.05) is 13.8 Å². The van der Waals surface area contributed by atoms with E-state index in [2.05, 4.69) is 30.5 Å². The van der Waals surface area contributed by atoms with Gasteiger partial charge < -0.3 is 10.3 Å². The zero-order chi connectivity index (χ0) is 25.5. The Morgan fingerprint density at radius 3 is 2.81 bits per heavy atom. The average molecular weight is 512 g/mol. The molecule has 0 saturated heterocycles. The van der Waals surface area contributed by atoms with Crippen LogP contribution >= 0.6 is 11.3 Å². The molecule has 6 aromatic rings. The molecule has 0 bridgehead atoms. The highest BCUT2D eigenvalue weighted by Gasteiger charge is 2.21. The minimum absolute atomic E-state index is 0.108. The largest absolute Gasteiger partial charge is 0.336 e. The van der Waals surface area contributed by atoms with E-state index in [1.54, 1.807) is 48.1 Å². The second-order valence-electron chi connectivity index (χ2n) is 9.18. The van der Waals surface area contributed by atoms with Gasteiger partial charge in [0.15, 0.2) is 5.82 Å². The molecule has 0 fully saturated rings. The van der Waals surface area contributed by atoms with Gasteiger partial charge in [0, 0.05) is 40.9 Å². The number of fused-ring (bicyclic) bond motifs is 2. The molecule has 8 nitrogen and oxygen atoms in total. The Hall–Kier alpha value is -4.44. The zero-order valence-corrected chi connectivity index (χ0v) is 20.9. The van der Waals surface area contributed by atoms with E-state index in [1.165, 1.54) is 0 Å². The Labute approximate surface area is 215 Å². The van der Waals surface area contributed by atoms with E-state index in [4.69, 9.17) is 4.98 Å². The number of aromatic nitrogens is 6. The number of nitrogens with zero attached hydrogens (tertiary/aromatic N) is 4. The van der Waals surface area contributed by atoms with Crippen LogP contribution in [0, 0.1) is 11.7 Å². The SMILES string of the molecule is CC(C)CC(=O)Nc1cncc(-c2ccc3[nH]nc(-c4nc5c(-c6ccsc6)nccc5[nH]4)c3c2F)c1. The second kappa shape index (κ2) is 9.21. The van der Waals surface area contributed by atoms with Gasteiger partial charge in [-0.05, 0) is 41.6 Å². The fraction of sp³-hybridized carbons (Fsp3) is 0.148. The molecule has 0 spiro atoms. The summed E-state index contributed by atoms with van der Waals surface area (Å²) in [5, 5.41) is 14.5. The van der Waals surface area contributed by atoms with Gasteiger partial charge in [-0.25, -0.2) is 9.37 Å². The van der Waals surface area contributed by atoms with Gasteiger partial charge in [0.25, 0.3) is 0 Å². The van der Waals surface area contributed by atoms with Crippen LogP contribution in [0.3, 0.4) is 0 Å². The van der Waals surface area contributed by atoms with Crippen molar-refractivity contribution in [2.24, 2.45) is 5.92 Å². The Kier molecular flexibility index (Phi) is 5.72. The average Bonchev–Trinajstić information content (AvgIpc) is 3.62. The Morgan fingerprint density at radius 2 is 2.00 bits per heavy atom. The van der Waals surface area contributed by atoms with Gasteiger partial charge in [0.05, 0.1) is 34.0 Å². The number of H-pyrrole nitrogens is 2. The van der Waals surface area contributed by atoms with Gasteiger partial charge in [-0.3, -0.25) is 19.9 Å². The number of nitrogens with one attached hydrogen (secondary N) is 3.